The molecule has 4 heteroatoms. The minimum Gasteiger partial charge on any atom is -0.396 e. The molecule has 1 rings (SSSR count). The van der Waals surface area contributed by atoms with E-state index in [9.17, 15) is 0 Å². The van der Waals surface area contributed by atoms with E-state index >= 15 is 0 Å². The number of aliphatic hydroxyl groups excluding tert-OH is 1. The van der Waals surface area contributed by atoms with Gasteiger partial charge in [0.1, 0.15) is 0 Å². The van der Waals surface area contributed by atoms with Gasteiger partial charge in [0, 0.05) is 25.4 Å². The van der Waals surface area contributed by atoms with Crippen LogP contribution in [-0.2, 0) is 6.54 Å². The van der Waals surface area contributed by atoms with Crippen LogP contribution in [0.1, 0.15) is 12.1 Å². The Morgan fingerprint density at radius 2 is 2.62 bits per heavy atom. The van der Waals surface area contributed by atoms with Crippen molar-refractivity contribution in [1.82, 2.24) is 15.5 Å². The molecule has 0 saturated carbocycles. The Balaban J connectivity index is 2.27. The first-order valence-corrected chi connectivity index (χ1v) is 4.32. The van der Waals surface area contributed by atoms with E-state index in [1.165, 1.54) is 0 Å². The van der Waals surface area contributed by atoms with Crippen LogP contribution in [0, 0.1) is 0 Å². The molecule has 13 heavy (non-hydrogen) atoms. The second-order valence-electron chi connectivity index (χ2n) is 2.80. The van der Waals surface area contributed by atoms with Crippen molar-refractivity contribution < 1.29 is 5.11 Å². The van der Waals surface area contributed by atoms with Gasteiger partial charge in [-0.25, -0.2) is 0 Å². The van der Waals surface area contributed by atoms with Gasteiger partial charge in [0.25, 0.3) is 0 Å². The third-order valence-corrected chi connectivity index (χ3v) is 1.83. The standard InChI is InChI=1S/C9H15N3O/c1-2-8(4-6-13)10-7-9-3-5-11-12-9/h2-3,5,8,10,13H,1,4,6-7H2,(H,11,12). The highest BCUT2D eigenvalue weighted by Crippen LogP contribution is 1.96. The number of nitrogens with zero attached hydrogens (tertiary/aromatic N) is 1. The summed E-state index contributed by atoms with van der Waals surface area (Å²) in [5, 5.41) is 18.7. The second kappa shape index (κ2) is 5.50. The summed E-state index contributed by atoms with van der Waals surface area (Å²) in [5.41, 5.74) is 0.963. The summed E-state index contributed by atoms with van der Waals surface area (Å²) < 4.78 is 0. The maximum atomic E-state index is 8.72. The normalized spacial score (nSPS) is 12.7. The Morgan fingerprint density at radius 1 is 1.77 bits per heavy atom. The molecule has 1 atom stereocenters. The zero-order chi connectivity index (χ0) is 9.52. The number of hydrogen-bond acceptors (Lipinski definition) is 3. The molecular formula is C9H15N3O. The number of H-pyrrole nitrogens is 1. The predicted octanol–water partition coefficient (Wildman–Crippen LogP) is 0.436. The average molecular weight is 181 g/mol. The first kappa shape index (κ1) is 9.95. The molecule has 1 heterocycles. The minimum atomic E-state index is 0.154. The Morgan fingerprint density at radius 3 is 3.15 bits per heavy atom. The van der Waals surface area contributed by atoms with Gasteiger partial charge >= 0.3 is 0 Å². The molecule has 0 aliphatic carbocycles. The highest BCUT2D eigenvalue weighted by atomic mass is 16.3. The first-order valence-electron chi connectivity index (χ1n) is 4.32. The van der Waals surface area contributed by atoms with E-state index < -0.39 is 0 Å². The summed E-state index contributed by atoms with van der Waals surface area (Å²) in [6.07, 6.45) is 4.27. The summed E-state index contributed by atoms with van der Waals surface area (Å²) in [6.45, 7) is 4.54. The van der Waals surface area contributed by atoms with Crippen molar-refractivity contribution in [1.29, 1.82) is 0 Å². The molecule has 1 aromatic heterocycles. The van der Waals surface area contributed by atoms with Crippen molar-refractivity contribution in [3.63, 3.8) is 0 Å². The topological polar surface area (TPSA) is 60.9 Å². The Kier molecular flexibility index (Phi) is 4.21. The molecule has 0 amide bonds. The molecule has 72 valence electrons. The van der Waals surface area contributed by atoms with Gasteiger partial charge in [-0.2, -0.15) is 5.10 Å². The van der Waals surface area contributed by atoms with Crippen molar-refractivity contribution >= 4 is 0 Å². The molecule has 0 saturated heterocycles. The van der Waals surface area contributed by atoms with Gasteiger partial charge in [0.05, 0.1) is 5.69 Å². The molecule has 0 aliphatic heterocycles. The van der Waals surface area contributed by atoms with Gasteiger partial charge in [-0.05, 0) is 12.5 Å². The summed E-state index contributed by atoms with van der Waals surface area (Å²) in [4.78, 5) is 0. The number of rotatable bonds is 6. The van der Waals surface area contributed by atoms with Crippen LogP contribution in [0.3, 0.4) is 0 Å². The lowest BCUT2D eigenvalue weighted by molar-refractivity contribution is 0.274. The van der Waals surface area contributed by atoms with Gasteiger partial charge in [0.2, 0.25) is 0 Å². The molecule has 0 fully saturated rings. The van der Waals surface area contributed by atoms with E-state index in [-0.39, 0.29) is 12.6 Å². The van der Waals surface area contributed by atoms with Gasteiger partial charge in [0.15, 0.2) is 0 Å². The highest BCUT2D eigenvalue weighted by molar-refractivity contribution is 4.98. The van der Waals surface area contributed by atoms with Gasteiger partial charge in [-0.1, -0.05) is 6.08 Å². The van der Waals surface area contributed by atoms with Gasteiger partial charge in [-0.3, -0.25) is 5.10 Å². The van der Waals surface area contributed by atoms with E-state index in [1.54, 1.807) is 12.3 Å². The van der Waals surface area contributed by atoms with E-state index in [0.29, 0.717) is 13.0 Å². The third kappa shape index (κ3) is 3.40. The van der Waals surface area contributed by atoms with Crippen LogP contribution in [0.25, 0.3) is 0 Å². The maximum absolute atomic E-state index is 8.72. The number of aromatic nitrogens is 2. The molecule has 0 radical (unpaired) electrons. The molecule has 1 aromatic rings. The smallest absolute Gasteiger partial charge is 0.0760 e. The van der Waals surface area contributed by atoms with Crippen molar-refractivity contribution in [2.45, 2.75) is 19.0 Å². The SMILES string of the molecule is C=CC(CCO)NCc1cc[nH]n1. The van der Waals surface area contributed by atoms with Crippen LogP contribution in [-0.4, -0.2) is 28.0 Å². The monoisotopic (exact) mass is 181 g/mol. The fourth-order valence-electron chi connectivity index (χ4n) is 1.07. The van der Waals surface area contributed by atoms with E-state index in [2.05, 4.69) is 22.1 Å². The fraction of sp³-hybridized carbons (Fsp3) is 0.444. The molecule has 0 spiro atoms. The quantitative estimate of drug-likeness (QED) is 0.558. The molecule has 1 unspecified atom stereocenters. The van der Waals surface area contributed by atoms with Gasteiger partial charge < -0.3 is 10.4 Å². The fourth-order valence-corrected chi connectivity index (χ4v) is 1.07. The van der Waals surface area contributed by atoms with Crippen LogP contribution in [0.5, 0.6) is 0 Å². The van der Waals surface area contributed by atoms with Crippen LogP contribution in [0.15, 0.2) is 24.9 Å². The minimum absolute atomic E-state index is 0.154. The van der Waals surface area contributed by atoms with E-state index in [0.717, 1.165) is 5.69 Å². The van der Waals surface area contributed by atoms with Gasteiger partial charge in [-0.15, -0.1) is 6.58 Å². The first-order chi connectivity index (χ1) is 6.36. The number of nitrogens with one attached hydrogen (secondary N) is 2. The van der Waals surface area contributed by atoms with Crippen molar-refractivity contribution in [2.75, 3.05) is 6.61 Å². The largest absolute Gasteiger partial charge is 0.396 e. The second-order valence-corrected chi connectivity index (χ2v) is 2.80. The Labute approximate surface area is 77.7 Å². The Bertz CT molecular complexity index is 233. The Hall–Kier alpha value is -1.13. The zero-order valence-corrected chi connectivity index (χ0v) is 7.53. The molecule has 0 aromatic carbocycles. The van der Waals surface area contributed by atoms with E-state index in [4.69, 9.17) is 5.11 Å². The average Bonchev–Trinajstić information content (AvgIpc) is 2.64. The van der Waals surface area contributed by atoms with Crippen LogP contribution >= 0.6 is 0 Å². The highest BCUT2D eigenvalue weighted by Gasteiger charge is 2.02. The predicted molar refractivity (Wildman–Crippen MR) is 51.1 cm³/mol. The lowest BCUT2D eigenvalue weighted by Gasteiger charge is -2.11. The number of hydrogen-bond donors (Lipinski definition) is 3. The van der Waals surface area contributed by atoms with Crippen molar-refractivity contribution in [3.05, 3.63) is 30.6 Å². The zero-order valence-electron chi connectivity index (χ0n) is 7.53. The van der Waals surface area contributed by atoms with Crippen LogP contribution in [0.4, 0.5) is 0 Å². The third-order valence-electron chi connectivity index (χ3n) is 1.83. The van der Waals surface area contributed by atoms with Crippen molar-refractivity contribution in [3.8, 4) is 0 Å². The van der Waals surface area contributed by atoms with Crippen LogP contribution in [0.2, 0.25) is 0 Å². The molecule has 0 aliphatic rings. The van der Waals surface area contributed by atoms with Crippen LogP contribution < -0.4 is 5.32 Å². The summed E-state index contributed by atoms with van der Waals surface area (Å²) >= 11 is 0. The van der Waals surface area contributed by atoms with E-state index in [1.807, 2.05) is 6.07 Å². The lowest BCUT2D eigenvalue weighted by atomic mass is 10.2. The summed E-state index contributed by atoms with van der Waals surface area (Å²) in [5.74, 6) is 0. The lowest BCUT2D eigenvalue weighted by Crippen LogP contribution is -2.27. The molecular weight excluding hydrogens is 166 g/mol. The van der Waals surface area contributed by atoms with Crippen molar-refractivity contribution in [2.24, 2.45) is 0 Å². The number of aliphatic hydroxyl groups is 1. The summed E-state index contributed by atoms with van der Waals surface area (Å²) in [6, 6.07) is 2.06. The molecule has 4 nitrogen and oxygen atoms in total. The summed E-state index contributed by atoms with van der Waals surface area (Å²) in [7, 11) is 0. The molecule has 3 N–H and O–H groups in total. The molecule has 0 bridgehead atoms. The number of aromatic amines is 1. The maximum Gasteiger partial charge on any atom is 0.0760 e.